The Morgan fingerprint density at radius 1 is 1.07 bits per heavy atom. The van der Waals surface area contributed by atoms with Crippen molar-refractivity contribution < 1.29 is 22.7 Å². The highest BCUT2D eigenvalue weighted by molar-refractivity contribution is 8.00. The topological polar surface area (TPSA) is 52.1 Å². The van der Waals surface area contributed by atoms with Gasteiger partial charge in [-0.25, -0.2) is 9.97 Å². The third-order valence-corrected chi connectivity index (χ3v) is 4.96. The number of halogens is 3. The van der Waals surface area contributed by atoms with E-state index in [-0.39, 0.29) is 16.3 Å². The molecular weight excluding hydrogens is 377 g/mol. The molecule has 0 fully saturated rings. The van der Waals surface area contributed by atoms with Gasteiger partial charge in [-0.05, 0) is 37.3 Å². The molecule has 140 valence electrons. The minimum Gasteiger partial charge on any atom is -0.497 e. The summed E-state index contributed by atoms with van der Waals surface area (Å²) < 4.78 is 44.4. The normalized spacial score (nSPS) is 12.8. The summed E-state index contributed by atoms with van der Waals surface area (Å²) in [5.41, 5.74) is 0.636. The van der Waals surface area contributed by atoms with Gasteiger partial charge in [0.05, 0.1) is 17.9 Å². The lowest BCUT2D eigenvalue weighted by atomic mass is 10.1. The van der Waals surface area contributed by atoms with Crippen LogP contribution in [0.25, 0.3) is 10.9 Å². The number of para-hydroxylation sites is 1. The number of fused-ring (bicyclic) bond motifs is 1. The van der Waals surface area contributed by atoms with Gasteiger partial charge in [-0.15, -0.1) is 0 Å². The molecule has 0 unspecified atom stereocenters. The number of thioether (sulfide) groups is 1. The SMILES string of the molecule is COc1ccc(C(=O)[C@H](C)Sc2nc(C(F)(F)F)nc3ccccc23)cc1. The van der Waals surface area contributed by atoms with Crippen molar-refractivity contribution in [1.29, 1.82) is 0 Å². The number of methoxy groups -OCH3 is 1. The lowest BCUT2D eigenvalue weighted by molar-refractivity contribution is -0.145. The molecule has 0 bridgehead atoms. The second kappa shape index (κ2) is 7.56. The van der Waals surface area contributed by atoms with E-state index in [2.05, 4.69) is 9.97 Å². The number of carbonyl (C=O) groups excluding carboxylic acids is 1. The predicted molar refractivity (Wildman–Crippen MR) is 97.2 cm³/mol. The second-order valence-corrected chi connectivity index (χ2v) is 7.05. The monoisotopic (exact) mass is 392 g/mol. The Kier molecular flexibility index (Phi) is 5.36. The minimum absolute atomic E-state index is 0.127. The lowest BCUT2D eigenvalue weighted by Gasteiger charge is -2.14. The summed E-state index contributed by atoms with van der Waals surface area (Å²) in [5.74, 6) is -0.810. The van der Waals surface area contributed by atoms with E-state index in [9.17, 15) is 18.0 Å². The fourth-order valence-corrected chi connectivity index (χ4v) is 3.49. The first-order valence-corrected chi connectivity index (χ1v) is 8.86. The van der Waals surface area contributed by atoms with Crippen molar-refractivity contribution in [3.8, 4) is 5.75 Å². The van der Waals surface area contributed by atoms with E-state index in [0.29, 0.717) is 16.7 Å². The molecule has 1 atom stereocenters. The molecule has 3 rings (SSSR count). The number of Topliss-reactive ketones (excluding diaryl/α,β-unsaturated/α-hetero) is 1. The smallest absolute Gasteiger partial charge is 0.451 e. The average molecular weight is 392 g/mol. The number of ketones is 1. The summed E-state index contributed by atoms with van der Waals surface area (Å²) in [5, 5.41) is -0.0232. The Labute approximate surface area is 157 Å². The third kappa shape index (κ3) is 4.21. The molecule has 1 aromatic heterocycles. The minimum atomic E-state index is -4.66. The van der Waals surface area contributed by atoms with E-state index in [4.69, 9.17) is 4.74 Å². The van der Waals surface area contributed by atoms with Crippen molar-refractivity contribution in [2.75, 3.05) is 7.11 Å². The number of nitrogens with zero attached hydrogens (tertiary/aromatic N) is 2. The Bertz CT molecular complexity index is 975. The van der Waals surface area contributed by atoms with E-state index in [1.54, 1.807) is 49.4 Å². The van der Waals surface area contributed by atoms with Crippen molar-refractivity contribution in [2.24, 2.45) is 0 Å². The van der Waals surface area contributed by atoms with Crippen LogP contribution >= 0.6 is 11.8 Å². The van der Waals surface area contributed by atoms with E-state index >= 15 is 0 Å². The van der Waals surface area contributed by atoms with Gasteiger partial charge in [0.1, 0.15) is 10.8 Å². The van der Waals surface area contributed by atoms with E-state index in [0.717, 1.165) is 11.8 Å². The first kappa shape index (κ1) is 19.2. The van der Waals surface area contributed by atoms with Gasteiger partial charge in [0, 0.05) is 10.9 Å². The molecule has 0 aliphatic heterocycles. The average Bonchev–Trinajstić information content (AvgIpc) is 2.66. The summed E-state index contributed by atoms with van der Waals surface area (Å²) in [7, 11) is 1.52. The summed E-state index contributed by atoms with van der Waals surface area (Å²) in [6.45, 7) is 1.64. The van der Waals surface area contributed by atoms with E-state index in [1.807, 2.05) is 0 Å². The maximum atomic E-state index is 13.1. The van der Waals surface area contributed by atoms with Crippen LogP contribution in [0.2, 0.25) is 0 Å². The fraction of sp³-hybridized carbons (Fsp3) is 0.211. The van der Waals surface area contributed by atoms with Crippen LogP contribution in [0.1, 0.15) is 23.1 Å². The van der Waals surface area contributed by atoms with Crippen LogP contribution in [0.3, 0.4) is 0 Å². The number of hydrogen-bond donors (Lipinski definition) is 0. The van der Waals surface area contributed by atoms with Gasteiger partial charge < -0.3 is 4.74 Å². The van der Waals surface area contributed by atoms with Crippen molar-refractivity contribution in [3.05, 3.63) is 59.9 Å². The summed E-state index contributed by atoms with van der Waals surface area (Å²) in [6.07, 6.45) is -4.66. The van der Waals surface area contributed by atoms with Gasteiger partial charge in [0.25, 0.3) is 0 Å². The number of alkyl halides is 3. The largest absolute Gasteiger partial charge is 0.497 e. The van der Waals surface area contributed by atoms with Crippen LogP contribution in [0.15, 0.2) is 53.6 Å². The molecule has 27 heavy (non-hydrogen) atoms. The summed E-state index contributed by atoms with van der Waals surface area (Å²) in [6, 6.07) is 13.0. The predicted octanol–water partition coefficient (Wildman–Crippen LogP) is 5.02. The van der Waals surface area contributed by atoms with E-state index < -0.39 is 17.3 Å². The highest BCUT2D eigenvalue weighted by Gasteiger charge is 2.36. The maximum absolute atomic E-state index is 13.1. The molecule has 1 heterocycles. The molecule has 0 aliphatic carbocycles. The molecule has 8 heteroatoms. The van der Waals surface area contributed by atoms with Crippen molar-refractivity contribution in [3.63, 3.8) is 0 Å². The number of rotatable bonds is 5. The zero-order valence-corrected chi connectivity index (χ0v) is 15.3. The van der Waals surface area contributed by atoms with Crippen LogP contribution in [-0.4, -0.2) is 28.1 Å². The van der Waals surface area contributed by atoms with Gasteiger partial charge in [0.2, 0.25) is 5.82 Å². The van der Waals surface area contributed by atoms with Gasteiger partial charge in [-0.2, -0.15) is 13.2 Å². The van der Waals surface area contributed by atoms with Gasteiger partial charge in [-0.3, -0.25) is 4.79 Å². The van der Waals surface area contributed by atoms with Crippen LogP contribution in [0.4, 0.5) is 13.2 Å². The van der Waals surface area contributed by atoms with Crippen LogP contribution in [-0.2, 0) is 6.18 Å². The first-order valence-electron chi connectivity index (χ1n) is 7.98. The third-order valence-electron chi connectivity index (χ3n) is 3.85. The number of aromatic nitrogens is 2. The Balaban J connectivity index is 1.93. The highest BCUT2D eigenvalue weighted by atomic mass is 32.2. The molecule has 0 radical (unpaired) electrons. The van der Waals surface area contributed by atoms with E-state index in [1.165, 1.54) is 13.2 Å². The summed E-state index contributed by atoms with van der Waals surface area (Å²) in [4.78, 5) is 19.9. The van der Waals surface area contributed by atoms with Crippen molar-refractivity contribution >= 4 is 28.4 Å². The van der Waals surface area contributed by atoms with Crippen LogP contribution in [0, 0.1) is 0 Å². The number of hydrogen-bond acceptors (Lipinski definition) is 5. The lowest BCUT2D eigenvalue weighted by Crippen LogP contribution is -2.16. The standard InChI is InChI=1S/C19H15F3N2O2S/c1-11(16(25)12-7-9-13(26-2)10-8-12)27-17-14-5-3-4-6-15(14)23-18(24-17)19(20,21)22/h3-11H,1-2H3/t11-/m0/s1. The molecule has 0 amide bonds. The van der Waals surface area contributed by atoms with Crippen LogP contribution in [0.5, 0.6) is 5.75 Å². The zero-order valence-electron chi connectivity index (χ0n) is 14.4. The second-order valence-electron chi connectivity index (χ2n) is 5.72. The Hall–Kier alpha value is -2.61. The molecule has 0 spiro atoms. The van der Waals surface area contributed by atoms with Gasteiger partial charge in [-0.1, -0.05) is 30.0 Å². The number of benzene rings is 2. The quantitative estimate of drug-likeness (QED) is 0.347. The summed E-state index contributed by atoms with van der Waals surface area (Å²) >= 11 is 0.984. The Morgan fingerprint density at radius 3 is 2.37 bits per heavy atom. The molecule has 0 saturated carbocycles. The molecular formula is C19H15F3N2O2S. The molecule has 2 aromatic carbocycles. The van der Waals surface area contributed by atoms with Crippen LogP contribution < -0.4 is 4.74 Å². The first-order chi connectivity index (χ1) is 12.8. The molecule has 3 aromatic rings. The molecule has 4 nitrogen and oxygen atoms in total. The molecule has 0 aliphatic rings. The highest BCUT2D eigenvalue weighted by Crippen LogP contribution is 2.34. The van der Waals surface area contributed by atoms with Crippen molar-refractivity contribution in [1.82, 2.24) is 9.97 Å². The van der Waals surface area contributed by atoms with Gasteiger partial charge in [0.15, 0.2) is 5.78 Å². The molecule has 0 saturated heterocycles. The Morgan fingerprint density at radius 2 is 1.74 bits per heavy atom. The van der Waals surface area contributed by atoms with Crippen molar-refractivity contribution in [2.45, 2.75) is 23.4 Å². The molecule has 0 N–H and O–H groups in total. The fourth-order valence-electron chi connectivity index (χ4n) is 2.48. The maximum Gasteiger partial charge on any atom is 0.451 e. The van der Waals surface area contributed by atoms with Gasteiger partial charge >= 0.3 is 6.18 Å². The number of ether oxygens (including phenoxy) is 1. The number of carbonyl (C=O) groups is 1. The zero-order chi connectivity index (χ0) is 19.6.